The van der Waals surface area contributed by atoms with Crippen molar-refractivity contribution in [3.63, 3.8) is 0 Å². The monoisotopic (exact) mass is 584 g/mol. The summed E-state index contributed by atoms with van der Waals surface area (Å²) in [5.74, 6) is 2.30. The van der Waals surface area contributed by atoms with Crippen LogP contribution in [0.15, 0.2) is 120 Å². The molecule has 1 aliphatic heterocycles. The Kier molecular flexibility index (Phi) is 6.40. The van der Waals surface area contributed by atoms with Crippen molar-refractivity contribution < 1.29 is 17.9 Å². The van der Waals surface area contributed by atoms with Crippen LogP contribution in [0.1, 0.15) is 5.56 Å². The first-order chi connectivity index (χ1) is 20.8. The molecule has 0 N–H and O–H groups in total. The Labute approximate surface area is 250 Å². The number of rotatable bonds is 5. The lowest BCUT2D eigenvalue weighted by Crippen LogP contribution is -2.16. The Morgan fingerprint density at radius 1 is 0.721 bits per heavy atom. The highest BCUT2D eigenvalue weighted by Crippen LogP contribution is 2.52. The number of pyridine rings is 1. The van der Waals surface area contributed by atoms with Crippen molar-refractivity contribution >= 4 is 37.8 Å². The van der Waals surface area contributed by atoms with Gasteiger partial charge in [0.2, 0.25) is 0 Å². The quantitative estimate of drug-likeness (QED) is 0.201. The normalized spacial score (nSPS) is 12.4. The molecule has 0 spiro atoms. The molecule has 7 rings (SSSR count). The second kappa shape index (κ2) is 10.3. The molecule has 0 saturated heterocycles. The zero-order valence-electron chi connectivity index (χ0n) is 23.9. The van der Waals surface area contributed by atoms with Gasteiger partial charge < -0.3 is 14.4 Å². The van der Waals surface area contributed by atoms with Crippen LogP contribution in [0, 0.1) is 6.92 Å². The Morgan fingerprint density at radius 3 is 1.93 bits per heavy atom. The lowest BCUT2D eigenvalue weighted by Gasteiger charge is -2.33. The van der Waals surface area contributed by atoms with Crippen LogP contribution in [-0.4, -0.2) is 26.8 Å². The second-order valence-corrected chi connectivity index (χ2v) is 12.6. The highest BCUT2D eigenvalue weighted by molar-refractivity contribution is 7.90. The van der Waals surface area contributed by atoms with Crippen molar-refractivity contribution in [2.45, 2.75) is 11.8 Å². The van der Waals surface area contributed by atoms with Crippen LogP contribution in [0.2, 0.25) is 0 Å². The first-order valence-corrected chi connectivity index (χ1v) is 15.8. The van der Waals surface area contributed by atoms with E-state index >= 15 is 0 Å². The molecule has 0 atom stereocenters. The molecule has 0 aliphatic carbocycles. The van der Waals surface area contributed by atoms with Crippen LogP contribution < -0.4 is 14.4 Å². The molecule has 6 nitrogen and oxygen atoms in total. The predicted molar refractivity (Wildman–Crippen MR) is 172 cm³/mol. The molecule has 0 saturated carbocycles. The summed E-state index contributed by atoms with van der Waals surface area (Å²) in [4.78, 5) is 7.76. The number of hydrogen-bond donors (Lipinski definition) is 0. The van der Waals surface area contributed by atoms with Gasteiger partial charge in [0.25, 0.3) is 0 Å². The summed E-state index contributed by atoms with van der Waals surface area (Å²) in [5.41, 5.74) is 8.25. The van der Waals surface area contributed by atoms with Crippen LogP contribution in [0.25, 0.3) is 33.3 Å². The van der Waals surface area contributed by atoms with Gasteiger partial charge >= 0.3 is 0 Å². The van der Waals surface area contributed by atoms with Crippen LogP contribution >= 0.6 is 0 Å². The first-order valence-electron chi connectivity index (χ1n) is 13.9. The number of sulfone groups is 1. The molecule has 43 heavy (non-hydrogen) atoms. The minimum atomic E-state index is -3.33. The van der Waals surface area contributed by atoms with Gasteiger partial charge in [0.05, 0.1) is 40.3 Å². The van der Waals surface area contributed by atoms with Crippen LogP contribution in [0.3, 0.4) is 0 Å². The Hall–Kier alpha value is -5.14. The lowest BCUT2D eigenvalue weighted by molar-refractivity contribution is 0.415. The molecular formula is C36H28N2O4S. The average Bonchev–Trinajstić information content (AvgIpc) is 3.03. The maximum absolute atomic E-state index is 12.2. The molecule has 7 heteroatoms. The van der Waals surface area contributed by atoms with Crippen LogP contribution in [-0.2, 0) is 9.84 Å². The average molecular weight is 585 g/mol. The van der Waals surface area contributed by atoms with E-state index < -0.39 is 9.84 Å². The fraction of sp³-hybridized carbons (Fsp3) is 0.0833. The van der Waals surface area contributed by atoms with E-state index in [2.05, 4.69) is 54.3 Å². The van der Waals surface area contributed by atoms with Gasteiger partial charge in [-0.15, -0.1) is 0 Å². The summed E-state index contributed by atoms with van der Waals surface area (Å²) in [7, 11) is -1.67. The summed E-state index contributed by atoms with van der Waals surface area (Å²) in [5, 5.41) is 1.03. The summed E-state index contributed by atoms with van der Waals surface area (Å²) in [6.07, 6.45) is 1.21. The van der Waals surface area contributed by atoms with Gasteiger partial charge in [-0.25, -0.2) is 13.4 Å². The number of ether oxygens (including phenoxy) is 2. The van der Waals surface area contributed by atoms with Crippen molar-refractivity contribution in [2.75, 3.05) is 18.3 Å². The zero-order chi connectivity index (χ0) is 29.7. The number of methoxy groups -OCH3 is 1. The highest BCUT2D eigenvalue weighted by Gasteiger charge is 2.28. The SMILES string of the molecule is COc1ccc(-c2cc(-c3ccc(S(C)(=O)=O)cc3)nc3c(N4c5ccccc5Oc5ccccc54)ccc(C)c23)cc1. The molecular weight excluding hydrogens is 556 g/mol. The predicted octanol–water partition coefficient (Wildman–Crippen LogP) is 8.86. The van der Waals surface area contributed by atoms with Crippen molar-refractivity contribution in [3.8, 4) is 39.6 Å². The topological polar surface area (TPSA) is 68.7 Å². The van der Waals surface area contributed by atoms with Gasteiger partial charge in [0.1, 0.15) is 5.75 Å². The van der Waals surface area contributed by atoms with Gasteiger partial charge in [-0.1, -0.05) is 54.6 Å². The zero-order valence-corrected chi connectivity index (χ0v) is 24.7. The van der Waals surface area contributed by atoms with Crippen LogP contribution in [0.4, 0.5) is 17.1 Å². The summed E-state index contributed by atoms with van der Waals surface area (Å²) >= 11 is 0. The molecule has 212 valence electrons. The third kappa shape index (κ3) is 4.68. The molecule has 5 aromatic carbocycles. The van der Waals surface area contributed by atoms with E-state index in [4.69, 9.17) is 14.5 Å². The molecule has 0 bridgehead atoms. The van der Waals surface area contributed by atoms with Gasteiger partial charge in [-0.2, -0.15) is 0 Å². The summed E-state index contributed by atoms with van der Waals surface area (Å²) < 4.78 is 36.0. The number of aryl methyl sites for hydroxylation is 1. The largest absolute Gasteiger partial charge is 0.497 e. The van der Waals surface area contributed by atoms with E-state index in [1.165, 1.54) is 6.26 Å². The van der Waals surface area contributed by atoms with Crippen molar-refractivity contribution in [1.82, 2.24) is 4.98 Å². The molecule has 2 heterocycles. The third-order valence-electron chi connectivity index (χ3n) is 7.80. The maximum atomic E-state index is 12.2. The second-order valence-electron chi connectivity index (χ2n) is 10.6. The van der Waals surface area contributed by atoms with Crippen molar-refractivity contribution in [2.24, 2.45) is 0 Å². The van der Waals surface area contributed by atoms with E-state index in [1.807, 2.05) is 60.7 Å². The molecule has 0 fully saturated rings. The van der Waals surface area contributed by atoms with E-state index in [1.54, 1.807) is 19.2 Å². The fourth-order valence-electron chi connectivity index (χ4n) is 5.66. The summed E-state index contributed by atoms with van der Waals surface area (Å²) in [6.45, 7) is 2.10. The number of hydrogen-bond acceptors (Lipinski definition) is 6. The van der Waals surface area contributed by atoms with Gasteiger partial charge in [0, 0.05) is 17.2 Å². The first kappa shape index (κ1) is 26.7. The number of anilines is 3. The molecule has 0 amide bonds. The molecule has 1 aliphatic rings. The number of para-hydroxylation sites is 4. The van der Waals surface area contributed by atoms with Gasteiger partial charge in [0.15, 0.2) is 21.3 Å². The van der Waals surface area contributed by atoms with Gasteiger partial charge in [-0.05, 0) is 84.3 Å². The standard InChI is InChI=1S/C36H28N2O4S/c1-23-12-21-32(38-30-8-4-6-10-33(30)42-34-11-7-5-9-31(34)38)36-35(23)28(24-13-17-26(41-2)18-14-24)22-29(37-36)25-15-19-27(20-16-25)43(3,39)40/h4-22H,1-3H3. The molecule has 1 aromatic heterocycles. The third-order valence-corrected chi connectivity index (χ3v) is 8.93. The minimum Gasteiger partial charge on any atom is -0.497 e. The van der Waals surface area contributed by atoms with E-state index in [0.717, 1.165) is 73.2 Å². The van der Waals surface area contributed by atoms with E-state index in [-0.39, 0.29) is 4.90 Å². The minimum absolute atomic E-state index is 0.269. The number of fused-ring (bicyclic) bond motifs is 3. The number of benzene rings is 5. The van der Waals surface area contributed by atoms with E-state index in [9.17, 15) is 8.42 Å². The number of aromatic nitrogens is 1. The number of nitrogens with zero attached hydrogens (tertiary/aromatic N) is 2. The fourth-order valence-corrected chi connectivity index (χ4v) is 6.29. The summed E-state index contributed by atoms with van der Waals surface area (Å²) in [6, 6.07) is 37.2. The van der Waals surface area contributed by atoms with Gasteiger partial charge in [-0.3, -0.25) is 0 Å². The molecule has 0 radical (unpaired) electrons. The van der Waals surface area contributed by atoms with Crippen LogP contribution in [0.5, 0.6) is 17.2 Å². The molecule has 0 unspecified atom stereocenters. The Morgan fingerprint density at radius 2 is 1.33 bits per heavy atom. The van der Waals surface area contributed by atoms with E-state index in [0.29, 0.717) is 0 Å². The highest BCUT2D eigenvalue weighted by atomic mass is 32.2. The maximum Gasteiger partial charge on any atom is 0.175 e. The Bertz CT molecular complexity index is 2080. The van der Waals surface area contributed by atoms with Crippen molar-refractivity contribution in [1.29, 1.82) is 0 Å². The smallest absolute Gasteiger partial charge is 0.175 e. The van der Waals surface area contributed by atoms with Crippen molar-refractivity contribution in [3.05, 3.63) is 121 Å². The Balaban J connectivity index is 1.54. The lowest BCUT2D eigenvalue weighted by atomic mass is 9.94. The molecule has 6 aromatic rings.